The van der Waals surface area contributed by atoms with Crippen molar-refractivity contribution in [3.05, 3.63) is 47.1 Å². The summed E-state index contributed by atoms with van der Waals surface area (Å²) in [5.41, 5.74) is 4.58. The normalized spacial score (nSPS) is 15.1. The van der Waals surface area contributed by atoms with Crippen LogP contribution < -0.4 is 0 Å². The molecule has 0 saturated carbocycles. The molecule has 6 nitrogen and oxygen atoms in total. The minimum absolute atomic E-state index is 0.135. The van der Waals surface area contributed by atoms with E-state index in [2.05, 4.69) is 52.1 Å². The lowest BCUT2D eigenvalue weighted by molar-refractivity contribution is -0.129. The zero-order chi connectivity index (χ0) is 20.2. The van der Waals surface area contributed by atoms with Crippen molar-refractivity contribution in [2.45, 2.75) is 20.3 Å². The minimum Gasteiger partial charge on any atom is -0.379 e. The number of imidazole rings is 1. The number of nitrogens with zero attached hydrogens (tertiary/aromatic N) is 4. The third kappa shape index (κ3) is 4.86. The summed E-state index contributed by atoms with van der Waals surface area (Å²) in [6.07, 6.45) is 2.93. The number of carbonyl (C=O) groups excluding carboxylic acids is 1. The molecule has 7 heteroatoms. The monoisotopic (exact) mass is 412 g/mol. The molecule has 1 saturated heterocycles. The summed E-state index contributed by atoms with van der Waals surface area (Å²) in [5, 5.41) is 2.15. The van der Waals surface area contributed by atoms with Gasteiger partial charge in [-0.05, 0) is 6.92 Å². The first-order chi connectivity index (χ1) is 14.1. The van der Waals surface area contributed by atoms with Crippen molar-refractivity contribution >= 4 is 22.2 Å². The fourth-order valence-corrected chi connectivity index (χ4v) is 4.54. The van der Waals surface area contributed by atoms with Gasteiger partial charge in [-0.15, -0.1) is 11.3 Å². The molecule has 0 radical (unpaired) electrons. The van der Waals surface area contributed by atoms with Gasteiger partial charge in [0.25, 0.3) is 0 Å². The zero-order valence-corrected chi connectivity index (χ0v) is 18.0. The Hall–Kier alpha value is -2.22. The van der Waals surface area contributed by atoms with Crippen LogP contribution in [-0.4, -0.2) is 71.0 Å². The highest BCUT2D eigenvalue weighted by Crippen LogP contribution is 2.24. The molecule has 3 heterocycles. The van der Waals surface area contributed by atoms with E-state index in [-0.39, 0.29) is 5.91 Å². The Morgan fingerprint density at radius 3 is 2.69 bits per heavy atom. The smallest absolute Gasteiger partial charge is 0.219 e. The molecule has 0 aliphatic carbocycles. The molecule has 154 valence electrons. The standard InChI is InChI=1S/C22H28N4O2S/c1-17-3-5-19(6-4-17)21-15-26-20(16-29-22(26)23-21)7-8-25(18(2)27)10-9-24-11-13-28-14-12-24/h3-6,15-16H,7-14H2,1-2H3. The SMILES string of the molecule is CC(=O)N(CCc1csc2nc(-c3ccc(C)cc3)cn12)CCN1CCOCC1. The van der Waals surface area contributed by atoms with Crippen LogP contribution in [0.3, 0.4) is 0 Å². The highest BCUT2D eigenvalue weighted by atomic mass is 32.1. The lowest BCUT2D eigenvalue weighted by Gasteiger charge is -2.29. The Morgan fingerprint density at radius 1 is 1.21 bits per heavy atom. The van der Waals surface area contributed by atoms with Gasteiger partial charge in [0, 0.05) is 68.9 Å². The number of ether oxygens (including phenoxy) is 1. The predicted molar refractivity (Wildman–Crippen MR) is 116 cm³/mol. The van der Waals surface area contributed by atoms with Crippen LogP contribution in [0.5, 0.6) is 0 Å². The fraction of sp³-hybridized carbons (Fsp3) is 0.455. The molecular weight excluding hydrogens is 384 g/mol. The molecule has 0 unspecified atom stereocenters. The van der Waals surface area contributed by atoms with Crippen molar-refractivity contribution in [2.24, 2.45) is 0 Å². The first kappa shape index (κ1) is 20.1. The second-order valence-electron chi connectivity index (χ2n) is 7.58. The fourth-order valence-electron chi connectivity index (χ4n) is 3.64. The van der Waals surface area contributed by atoms with Crippen molar-refractivity contribution in [3.8, 4) is 11.3 Å². The Kier molecular flexibility index (Phi) is 6.28. The first-order valence-electron chi connectivity index (χ1n) is 10.2. The molecule has 0 spiro atoms. The topological polar surface area (TPSA) is 50.1 Å². The maximum atomic E-state index is 12.1. The van der Waals surface area contributed by atoms with Crippen LogP contribution in [0.15, 0.2) is 35.8 Å². The van der Waals surface area contributed by atoms with Crippen LogP contribution >= 0.6 is 11.3 Å². The number of benzene rings is 1. The van der Waals surface area contributed by atoms with Gasteiger partial charge in [-0.25, -0.2) is 4.98 Å². The molecule has 0 bridgehead atoms. The number of hydrogen-bond acceptors (Lipinski definition) is 5. The Balaban J connectivity index is 1.41. The van der Waals surface area contributed by atoms with Crippen LogP contribution in [0.2, 0.25) is 0 Å². The van der Waals surface area contributed by atoms with E-state index in [0.717, 1.165) is 68.6 Å². The quantitative estimate of drug-likeness (QED) is 0.598. The molecule has 29 heavy (non-hydrogen) atoms. The van der Waals surface area contributed by atoms with E-state index in [1.165, 1.54) is 11.3 Å². The summed E-state index contributed by atoms with van der Waals surface area (Å²) < 4.78 is 7.57. The summed E-state index contributed by atoms with van der Waals surface area (Å²) in [6.45, 7) is 9.63. The molecule has 0 N–H and O–H groups in total. The number of amides is 1. The van der Waals surface area contributed by atoms with E-state index in [9.17, 15) is 4.79 Å². The van der Waals surface area contributed by atoms with Crippen LogP contribution in [0.4, 0.5) is 0 Å². The van der Waals surface area contributed by atoms with Gasteiger partial charge in [-0.3, -0.25) is 14.1 Å². The van der Waals surface area contributed by atoms with E-state index in [4.69, 9.17) is 9.72 Å². The van der Waals surface area contributed by atoms with Crippen molar-refractivity contribution in [1.82, 2.24) is 19.2 Å². The van der Waals surface area contributed by atoms with E-state index in [1.54, 1.807) is 18.3 Å². The second kappa shape index (κ2) is 9.07. The molecule has 1 amide bonds. The Morgan fingerprint density at radius 2 is 1.97 bits per heavy atom. The third-order valence-corrected chi connectivity index (χ3v) is 6.39. The zero-order valence-electron chi connectivity index (χ0n) is 17.1. The number of hydrogen-bond donors (Lipinski definition) is 0. The molecule has 3 aromatic rings. The van der Waals surface area contributed by atoms with Crippen molar-refractivity contribution < 1.29 is 9.53 Å². The largest absolute Gasteiger partial charge is 0.379 e. The molecule has 4 rings (SSSR count). The van der Waals surface area contributed by atoms with E-state index >= 15 is 0 Å². The van der Waals surface area contributed by atoms with Crippen LogP contribution in [0.25, 0.3) is 16.2 Å². The highest BCUT2D eigenvalue weighted by molar-refractivity contribution is 7.15. The predicted octanol–water partition coefficient (Wildman–Crippen LogP) is 3.09. The van der Waals surface area contributed by atoms with Gasteiger partial charge in [0.2, 0.25) is 5.91 Å². The molecule has 0 atom stereocenters. The number of aryl methyl sites for hydroxylation is 1. The number of morpholine rings is 1. The summed E-state index contributed by atoms with van der Waals surface area (Å²) in [6, 6.07) is 8.46. The van der Waals surface area contributed by atoms with Crippen molar-refractivity contribution in [3.63, 3.8) is 0 Å². The number of carbonyl (C=O) groups is 1. The molecule has 2 aromatic heterocycles. The summed E-state index contributed by atoms with van der Waals surface area (Å²) in [5.74, 6) is 0.135. The van der Waals surface area contributed by atoms with Crippen LogP contribution in [0.1, 0.15) is 18.2 Å². The van der Waals surface area contributed by atoms with Gasteiger partial charge >= 0.3 is 0 Å². The average molecular weight is 413 g/mol. The van der Waals surface area contributed by atoms with E-state index < -0.39 is 0 Å². The maximum absolute atomic E-state index is 12.1. The number of thiazole rings is 1. The summed E-state index contributed by atoms with van der Waals surface area (Å²) in [7, 11) is 0. The van der Waals surface area contributed by atoms with E-state index in [1.807, 2.05) is 4.90 Å². The van der Waals surface area contributed by atoms with Gasteiger partial charge < -0.3 is 9.64 Å². The molecule has 1 aliphatic rings. The lowest BCUT2D eigenvalue weighted by Crippen LogP contribution is -2.43. The maximum Gasteiger partial charge on any atom is 0.219 e. The van der Waals surface area contributed by atoms with Gasteiger partial charge in [0.15, 0.2) is 4.96 Å². The molecular formula is C22H28N4O2S. The van der Waals surface area contributed by atoms with Gasteiger partial charge in [0.05, 0.1) is 18.9 Å². The first-order valence-corrected chi connectivity index (χ1v) is 11.1. The molecule has 1 aromatic carbocycles. The molecule has 1 fully saturated rings. The van der Waals surface area contributed by atoms with Crippen LogP contribution in [-0.2, 0) is 16.0 Å². The number of rotatable bonds is 7. The van der Waals surface area contributed by atoms with E-state index in [0.29, 0.717) is 0 Å². The third-order valence-electron chi connectivity index (χ3n) is 5.50. The summed E-state index contributed by atoms with van der Waals surface area (Å²) >= 11 is 1.66. The number of fused-ring (bicyclic) bond motifs is 1. The van der Waals surface area contributed by atoms with Gasteiger partial charge in [0.1, 0.15) is 0 Å². The minimum atomic E-state index is 0.135. The van der Waals surface area contributed by atoms with Gasteiger partial charge in [-0.1, -0.05) is 29.8 Å². The lowest BCUT2D eigenvalue weighted by atomic mass is 10.1. The molecule has 1 aliphatic heterocycles. The Bertz CT molecular complexity index is 957. The number of aromatic nitrogens is 2. The highest BCUT2D eigenvalue weighted by Gasteiger charge is 2.16. The summed E-state index contributed by atoms with van der Waals surface area (Å²) in [4.78, 5) is 22.2. The Labute approximate surface area is 175 Å². The second-order valence-corrected chi connectivity index (χ2v) is 8.42. The van der Waals surface area contributed by atoms with Crippen molar-refractivity contribution in [2.75, 3.05) is 45.9 Å². The van der Waals surface area contributed by atoms with Gasteiger partial charge in [-0.2, -0.15) is 0 Å². The van der Waals surface area contributed by atoms with Crippen LogP contribution in [0, 0.1) is 6.92 Å². The van der Waals surface area contributed by atoms with Crippen molar-refractivity contribution in [1.29, 1.82) is 0 Å². The average Bonchev–Trinajstić information content (AvgIpc) is 3.30.